The summed E-state index contributed by atoms with van der Waals surface area (Å²) in [5, 5.41) is 0. The molecule has 5 aliphatic rings. The summed E-state index contributed by atoms with van der Waals surface area (Å²) < 4.78 is 0. The first-order chi connectivity index (χ1) is 18.0. The number of rotatable bonds is 3. The van der Waals surface area contributed by atoms with E-state index in [0.717, 1.165) is 35.5 Å². The number of hydrogen-bond acceptors (Lipinski definition) is 1. The molecule has 2 N–H and O–H groups in total. The lowest BCUT2D eigenvalue weighted by Crippen LogP contribution is -2.62. The Balaban J connectivity index is 0.000000748. The topological polar surface area (TPSA) is 26.0 Å². The van der Waals surface area contributed by atoms with E-state index in [1.807, 2.05) is 6.92 Å². The molecule has 0 radical (unpaired) electrons. The molecule has 5 rings (SSSR count). The van der Waals surface area contributed by atoms with Crippen molar-refractivity contribution in [1.29, 1.82) is 0 Å². The zero-order chi connectivity index (χ0) is 28.4. The molecule has 5 saturated carbocycles. The second kappa shape index (κ2) is 12.4. The van der Waals surface area contributed by atoms with Gasteiger partial charge in [0.1, 0.15) is 0 Å². The average molecular weight is 524 g/mol. The normalized spacial score (nSPS) is 45.3. The highest BCUT2D eigenvalue weighted by atomic mass is 14.7. The molecule has 5 fully saturated rings. The molecule has 0 spiro atoms. The summed E-state index contributed by atoms with van der Waals surface area (Å²) in [6.07, 6.45) is 26.8. The van der Waals surface area contributed by atoms with Crippen LogP contribution >= 0.6 is 0 Å². The van der Waals surface area contributed by atoms with Crippen LogP contribution in [0.25, 0.3) is 0 Å². The summed E-state index contributed by atoms with van der Waals surface area (Å²) in [6, 6.07) is 0. The van der Waals surface area contributed by atoms with Gasteiger partial charge in [-0.3, -0.25) is 0 Å². The molecule has 0 amide bonds. The van der Waals surface area contributed by atoms with Gasteiger partial charge in [-0.25, -0.2) is 0 Å². The highest BCUT2D eigenvalue weighted by Crippen LogP contribution is 2.73. The highest BCUT2D eigenvalue weighted by molar-refractivity contribution is 5.22. The quantitative estimate of drug-likeness (QED) is 0.289. The predicted molar refractivity (Wildman–Crippen MR) is 169 cm³/mol. The summed E-state index contributed by atoms with van der Waals surface area (Å²) in [5.74, 6) is 5.83. The Morgan fingerprint density at radius 2 is 1.45 bits per heavy atom. The third kappa shape index (κ3) is 5.17. The third-order valence-electron chi connectivity index (χ3n) is 13.6. The second-order valence-electron chi connectivity index (χ2n) is 15.1. The summed E-state index contributed by atoms with van der Waals surface area (Å²) in [5.41, 5.74) is 8.44. The molecule has 9 atom stereocenters. The summed E-state index contributed by atoms with van der Waals surface area (Å²) in [4.78, 5) is 0. The Bertz CT molecular complexity index is 849. The van der Waals surface area contributed by atoms with Crippen molar-refractivity contribution in [3.05, 3.63) is 36.5 Å². The Morgan fingerprint density at radius 1 is 0.789 bits per heavy atom. The van der Waals surface area contributed by atoms with Crippen molar-refractivity contribution in [2.45, 2.75) is 132 Å². The number of nitrogens with two attached hydrogens (primary N) is 1. The van der Waals surface area contributed by atoms with Crippen LogP contribution in [0.2, 0.25) is 0 Å². The molecule has 5 aliphatic carbocycles. The number of hydrogen-bond donors (Lipinski definition) is 1. The summed E-state index contributed by atoms with van der Waals surface area (Å²) in [6.45, 7) is 23.1. The standard InChI is InChI=1S/C33H54.C3H6.CH5N/c1-8-11-24(9-2)22-33-18-10-12-27(33)25-13-14-29-31(6,26(25)16-21-33)20-17-28-30(4,5)23(3)15-19-32(28,29)7;1-3-2;1-2/h8-9,11,23,25-29H,10,12-22H2,1-7H3;3H,1H2,2H3;2H2,1H3/b11-8-,24-9+;;. The SMILES string of the molecule is C/C=C\C(=C/C)CC12CCCC1C1CCC3C(C)(CCC4C(C)(C)C(C)CCC43C)C1CC2.C=CC.CN. The van der Waals surface area contributed by atoms with E-state index in [1.54, 1.807) is 18.1 Å². The van der Waals surface area contributed by atoms with Crippen LogP contribution in [0.1, 0.15) is 132 Å². The van der Waals surface area contributed by atoms with Crippen LogP contribution in [0.5, 0.6) is 0 Å². The maximum Gasteiger partial charge on any atom is -0.0195 e. The van der Waals surface area contributed by atoms with Gasteiger partial charge >= 0.3 is 0 Å². The number of allylic oxidation sites excluding steroid dienone is 5. The first-order valence-electron chi connectivity index (χ1n) is 16.5. The van der Waals surface area contributed by atoms with E-state index in [0.29, 0.717) is 21.7 Å². The third-order valence-corrected chi connectivity index (χ3v) is 13.6. The van der Waals surface area contributed by atoms with Crippen LogP contribution in [0, 0.1) is 57.2 Å². The van der Waals surface area contributed by atoms with Crippen molar-refractivity contribution in [3.8, 4) is 0 Å². The van der Waals surface area contributed by atoms with Gasteiger partial charge in [0, 0.05) is 0 Å². The van der Waals surface area contributed by atoms with Crippen molar-refractivity contribution < 1.29 is 0 Å². The van der Waals surface area contributed by atoms with Gasteiger partial charge in [0.15, 0.2) is 0 Å². The monoisotopic (exact) mass is 524 g/mol. The van der Waals surface area contributed by atoms with Gasteiger partial charge in [0.05, 0.1) is 0 Å². The Labute approximate surface area is 238 Å². The largest absolute Gasteiger partial charge is 0.333 e. The molecule has 218 valence electrons. The minimum absolute atomic E-state index is 0.522. The van der Waals surface area contributed by atoms with Gasteiger partial charge in [-0.1, -0.05) is 70.9 Å². The fourth-order valence-electron chi connectivity index (χ4n) is 11.7. The maximum atomic E-state index is 4.50. The lowest BCUT2D eigenvalue weighted by atomic mass is 9.35. The zero-order valence-electron chi connectivity index (χ0n) is 27.0. The molecule has 9 unspecified atom stereocenters. The first kappa shape index (κ1) is 31.7. The van der Waals surface area contributed by atoms with Crippen molar-refractivity contribution in [2.24, 2.45) is 62.9 Å². The fourth-order valence-corrected chi connectivity index (χ4v) is 11.7. The van der Waals surface area contributed by atoms with E-state index in [-0.39, 0.29) is 0 Å². The lowest BCUT2D eigenvalue weighted by molar-refractivity contribution is -0.204. The van der Waals surface area contributed by atoms with E-state index < -0.39 is 0 Å². The van der Waals surface area contributed by atoms with Crippen LogP contribution in [-0.2, 0) is 0 Å². The van der Waals surface area contributed by atoms with E-state index >= 15 is 0 Å². The summed E-state index contributed by atoms with van der Waals surface area (Å²) >= 11 is 0. The van der Waals surface area contributed by atoms with Crippen molar-refractivity contribution in [2.75, 3.05) is 7.05 Å². The van der Waals surface area contributed by atoms with Gasteiger partial charge in [-0.2, -0.15) is 0 Å². The van der Waals surface area contributed by atoms with Crippen LogP contribution < -0.4 is 5.73 Å². The molecule has 1 nitrogen and oxygen atoms in total. The maximum absolute atomic E-state index is 4.50. The van der Waals surface area contributed by atoms with Crippen LogP contribution in [0.3, 0.4) is 0 Å². The lowest BCUT2D eigenvalue weighted by Gasteiger charge is -2.69. The van der Waals surface area contributed by atoms with E-state index in [4.69, 9.17) is 0 Å². The molecule has 0 bridgehead atoms. The Morgan fingerprint density at radius 3 is 2.08 bits per heavy atom. The first-order valence-corrected chi connectivity index (χ1v) is 16.5. The molecule has 0 aliphatic heterocycles. The smallest absolute Gasteiger partial charge is 0.0195 e. The molecule has 0 aromatic heterocycles. The predicted octanol–water partition coefficient (Wildman–Crippen LogP) is 10.8. The van der Waals surface area contributed by atoms with Gasteiger partial charge in [0.25, 0.3) is 0 Å². The molecule has 1 heteroatoms. The minimum Gasteiger partial charge on any atom is -0.333 e. The van der Waals surface area contributed by atoms with Crippen molar-refractivity contribution in [1.82, 2.24) is 0 Å². The molecule has 0 aromatic rings. The molecule has 38 heavy (non-hydrogen) atoms. The minimum atomic E-state index is 0.522. The van der Waals surface area contributed by atoms with E-state index in [1.165, 1.54) is 77.7 Å². The second-order valence-corrected chi connectivity index (χ2v) is 15.1. The van der Waals surface area contributed by atoms with Gasteiger partial charge in [0.2, 0.25) is 0 Å². The fraction of sp³-hybridized carbons (Fsp3) is 0.838. The molecule has 0 aromatic carbocycles. The number of fused-ring (bicyclic) bond motifs is 7. The Kier molecular flexibility index (Phi) is 10.3. The van der Waals surface area contributed by atoms with E-state index in [2.05, 4.69) is 79.0 Å². The van der Waals surface area contributed by atoms with Crippen LogP contribution in [-0.4, -0.2) is 7.05 Å². The van der Waals surface area contributed by atoms with Gasteiger partial charge < -0.3 is 5.73 Å². The van der Waals surface area contributed by atoms with E-state index in [9.17, 15) is 0 Å². The Hall–Kier alpha value is -0.820. The molecule has 0 saturated heterocycles. The molecular formula is C37H65N. The van der Waals surface area contributed by atoms with Crippen LogP contribution in [0.15, 0.2) is 36.5 Å². The molecule has 0 heterocycles. The highest BCUT2D eigenvalue weighted by Gasteiger charge is 2.65. The summed E-state index contributed by atoms with van der Waals surface area (Å²) in [7, 11) is 1.50. The zero-order valence-corrected chi connectivity index (χ0v) is 27.0. The average Bonchev–Trinajstić information content (AvgIpc) is 3.32. The van der Waals surface area contributed by atoms with Gasteiger partial charge in [-0.05, 0) is 156 Å². The van der Waals surface area contributed by atoms with Crippen LogP contribution in [0.4, 0.5) is 0 Å². The van der Waals surface area contributed by atoms with Crippen molar-refractivity contribution >= 4 is 0 Å². The van der Waals surface area contributed by atoms with Crippen molar-refractivity contribution in [3.63, 3.8) is 0 Å². The van der Waals surface area contributed by atoms with Gasteiger partial charge in [-0.15, -0.1) is 6.58 Å². The molecular weight excluding hydrogens is 458 g/mol.